The Bertz CT molecular complexity index is 811. The van der Waals surface area contributed by atoms with Gasteiger partial charge in [-0.25, -0.2) is 4.98 Å². The molecule has 4 rings (SSSR count). The highest BCUT2D eigenvalue weighted by molar-refractivity contribution is 5.79. The molecule has 1 aliphatic rings. The van der Waals surface area contributed by atoms with Crippen molar-refractivity contribution < 1.29 is 0 Å². The summed E-state index contributed by atoms with van der Waals surface area (Å²) < 4.78 is 0. The minimum absolute atomic E-state index is 0.739. The molecule has 25 heavy (non-hydrogen) atoms. The van der Waals surface area contributed by atoms with Gasteiger partial charge in [0, 0.05) is 44.0 Å². The molecule has 0 radical (unpaired) electrons. The number of nitrogens with zero attached hydrogens (tertiary/aromatic N) is 3. The van der Waals surface area contributed by atoms with E-state index in [0.29, 0.717) is 0 Å². The second-order valence-electron chi connectivity index (χ2n) is 7.33. The van der Waals surface area contributed by atoms with E-state index in [-0.39, 0.29) is 0 Å². The quantitative estimate of drug-likeness (QED) is 0.783. The first-order chi connectivity index (χ1) is 12.2. The largest absolute Gasteiger partial charge is 0.369 e. The van der Waals surface area contributed by atoms with Gasteiger partial charge >= 0.3 is 0 Å². The minimum Gasteiger partial charge on any atom is -0.369 e. The molecule has 0 amide bonds. The summed E-state index contributed by atoms with van der Waals surface area (Å²) in [5, 5.41) is 0. The fraction of sp³-hybridized carbons (Fsp3) is 0.381. The Balaban J connectivity index is 1.52. The molecule has 0 spiro atoms. The highest BCUT2D eigenvalue weighted by atomic mass is 15.3. The maximum absolute atomic E-state index is 4.73. The van der Waals surface area contributed by atoms with Crippen LogP contribution in [0.2, 0.25) is 0 Å². The van der Waals surface area contributed by atoms with Gasteiger partial charge in [-0.3, -0.25) is 4.90 Å². The average molecular weight is 334 g/mol. The number of nitrogens with one attached hydrogen (secondary N) is 1. The Hall–Kier alpha value is -2.33. The van der Waals surface area contributed by atoms with Gasteiger partial charge in [-0.2, -0.15) is 0 Å². The lowest BCUT2D eigenvalue weighted by Crippen LogP contribution is -2.47. The Morgan fingerprint density at radius 2 is 1.80 bits per heavy atom. The molecular weight excluding hydrogens is 308 g/mol. The van der Waals surface area contributed by atoms with Crippen molar-refractivity contribution in [3.63, 3.8) is 0 Å². The molecule has 4 heteroatoms. The molecule has 0 atom stereocenters. The van der Waals surface area contributed by atoms with Crippen molar-refractivity contribution in [1.82, 2.24) is 14.9 Å². The average Bonchev–Trinajstić information content (AvgIpc) is 3.06. The molecule has 3 aromatic rings. The Morgan fingerprint density at radius 3 is 2.56 bits per heavy atom. The number of anilines is 1. The van der Waals surface area contributed by atoms with Gasteiger partial charge in [-0.05, 0) is 30.2 Å². The molecule has 1 aliphatic heterocycles. The molecule has 2 aromatic carbocycles. The normalized spacial score (nSPS) is 16.0. The van der Waals surface area contributed by atoms with E-state index in [1.54, 1.807) is 0 Å². The van der Waals surface area contributed by atoms with Crippen LogP contribution in [-0.2, 0) is 0 Å². The van der Waals surface area contributed by atoms with E-state index in [2.05, 4.69) is 59.0 Å². The van der Waals surface area contributed by atoms with Crippen LogP contribution in [0.4, 0.5) is 5.69 Å². The first kappa shape index (κ1) is 16.2. The first-order valence-electron chi connectivity index (χ1n) is 9.21. The molecule has 0 aliphatic carbocycles. The zero-order valence-corrected chi connectivity index (χ0v) is 15.1. The lowest BCUT2D eigenvalue weighted by atomic mass is 10.1. The maximum Gasteiger partial charge on any atom is 0.138 e. The maximum atomic E-state index is 4.73. The van der Waals surface area contributed by atoms with Crippen LogP contribution in [-0.4, -0.2) is 47.6 Å². The zero-order chi connectivity index (χ0) is 17.2. The monoisotopic (exact) mass is 334 g/mol. The number of benzene rings is 2. The molecule has 4 nitrogen and oxygen atoms in total. The summed E-state index contributed by atoms with van der Waals surface area (Å²) in [6.07, 6.45) is 0. The van der Waals surface area contributed by atoms with Crippen LogP contribution in [0.3, 0.4) is 0 Å². The summed E-state index contributed by atoms with van der Waals surface area (Å²) >= 11 is 0. The van der Waals surface area contributed by atoms with Crippen molar-refractivity contribution in [2.24, 2.45) is 5.92 Å². The zero-order valence-electron chi connectivity index (χ0n) is 15.1. The van der Waals surface area contributed by atoms with E-state index >= 15 is 0 Å². The third kappa shape index (κ3) is 3.54. The van der Waals surface area contributed by atoms with Crippen molar-refractivity contribution in [2.75, 3.05) is 37.6 Å². The van der Waals surface area contributed by atoms with Crippen LogP contribution >= 0.6 is 0 Å². The summed E-state index contributed by atoms with van der Waals surface area (Å²) in [4.78, 5) is 13.2. The number of fused-ring (bicyclic) bond motifs is 1. The number of imidazole rings is 1. The molecule has 130 valence electrons. The second kappa shape index (κ2) is 6.89. The predicted octanol–water partition coefficient (Wildman–Crippen LogP) is 4.01. The third-order valence-corrected chi connectivity index (χ3v) is 4.87. The van der Waals surface area contributed by atoms with Crippen LogP contribution in [0.1, 0.15) is 13.8 Å². The van der Waals surface area contributed by atoms with Crippen molar-refractivity contribution in [3.8, 4) is 11.4 Å². The molecular formula is C21H26N4. The number of hydrogen-bond donors (Lipinski definition) is 1. The molecule has 0 bridgehead atoms. The smallest absolute Gasteiger partial charge is 0.138 e. The van der Waals surface area contributed by atoms with Crippen molar-refractivity contribution in [2.45, 2.75) is 13.8 Å². The number of rotatable bonds is 4. The van der Waals surface area contributed by atoms with Crippen molar-refractivity contribution in [3.05, 3.63) is 48.5 Å². The highest BCUT2D eigenvalue weighted by Gasteiger charge is 2.18. The fourth-order valence-electron chi connectivity index (χ4n) is 3.64. The summed E-state index contributed by atoms with van der Waals surface area (Å²) in [5.74, 6) is 1.68. The van der Waals surface area contributed by atoms with Gasteiger partial charge in [0.2, 0.25) is 0 Å². The van der Waals surface area contributed by atoms with Gasteiger partial charge in [-0.1, -0.05) is 38.1 Å². The summed E-state index contributed by atoms with van der Waals surface area (Å²) in [6.45, 7) is 10.3. The van der Waals surface area contributed by atoms with E-state index in [9.17, 15) is 0 Å². The molecule has 1 aromatic heterocycles. The summed E-state index contributed by atoms with van der Waals surface area (Å²) in [6, 6.07) is 16.9. The van der Waals surface area contributed by atoms with Gasteiger partial charge in [0.25, 0.3) is 0 Å². The summed E-state index contributed by atoms with van der Waals surface area (Å²) in [5.41, 5.74) is 4.55. The van der Waals surface area contributed by atoms with Crippen LogP contribution < -0.4 is 4.90 Å². The molecule has 2 heterocycles. The number of aromatic amines is 1. The summed E-state index contributed by atoms with van der Waals surface area (Å²) in [7, 11) is 0. The van der Waals surface area contributed by atoms with Crippen LogP contribution in [0, 0.1) is 5.92 Å². The van der Waals surface area contributed by atoms with E-state index in [1.807, 2.05) is 18.2 Å². The van der Waals surface area contributed by atoms with Gasteiger partial charge in [0.05, 0.1) is 11.0 Å². The van der Waals surface area contributed by atoms with Crippen molar-refractivity contribution >= 4 is 16.7 Å². The number of H-pyrrole nitrogens is 1. The van der Waals surface area contributed by atoms with Gasteiger partial charge in [0.1, 0.15) is 5.82 Å². The molecule has 1 fully saturated rings. The number of hydrogen-bond acceptors (Lipinski definition) is 3. The van der Waals surface area contributed by atoms with Gasteiger partial charge < -0.3 is 9.88 Å². The standard InChI is InChI=1S/C21H26N4/c1-16(2)15-24-10-12-25(13-11-24)18-7-5-6-17(14-18)21-22-19-8-3-4-9-20(19)23-21/h3-9,14,16H,10-13,15H2,1-2H3,(H,22,23). The van der Waals surface area contributed by atoms with Gasteiger partial charge in [-0.15, -0.1) is 0 Å². The lowest BCUT2D eigenvalue weighted by Gasteiger charge is -2.37. The van der Waals surface area contributed by atoms with Crippen molar-refractivity contribution in [1.29, 1.82) is 0 Å². The van der Waals surface area contributed by atoms with E-state index in [1.165, 1.54) is 12.2 Å². The van der Waals surface area contributed by atoms with Crippen LogP contribution in [0.25, 0.3) is 22.4 Å². The predicted molar refractivity (Wildman–Crippen MR) is 105 cm³/mol. The SMILES string of the molecule is CC(C)CN1CCN(c2cccc(-c3nc4ccccc4[nH]3)c2)CC1. The number of aromatic nitrogens is 2. The van der Waals surface area contributed by atoms with Gasteiger partial charge in [0.15, 0.2) is 0 Å². The highest BCUT2D eigenvalue weighted by Crippen LogP contribution is 2.25. The second-order valence-corrected chi connectivity index (χ2v) is 7.33. The molecule has 1 saturated heterocycles. The third-order valence-electron chi connectivity index (χ3n) is 4.87. The Morgan fingerprint density at radius 1 is 1.00 bits per heavy atom. The first-order valence-corrected chi connectivity index (χ1v) is 9.21. The minimum atomic E-state index is 0.739. The van der Waals surface area contributed by atoms with E-state index in [0.717, 1.165) is 54.5 Å². The Kier molecular flexibility index (Phi) is 4.45. The molecule has 0 unspecified atom stereocenters. The lowest BCUT2D eigenvalue weighted by molar-refractivity contribution is 0.231. The fourth-order valence-corrected chi connectivity index (χ4v) is 3.64. The van der Waals surface area contributed by atoms with E-state index in [4.69, 9.17) is 4.98 Å². The molecule has 1 N–H and O–H groups in total. The van der Waals surface area contributed by atoms with E-state index < -0.39 is 0 Å². The number of piperazine rings is 1. The van der Waals surface area contributed by atoms with Crippen LogP contribution in [0.5, 0.6) is 0 Å². The number of para-hydroxylation sites is 2. The topological polar surface area (TPSA) is 35.2 Å². The molecule has 0 saturated carbocycles. The van der Waals surface area contributed by atoms with Crippen LogP contribution in [0.15, 0.2) is 48.5 Å². The Labute approximate surface area is 149 Å².